The summed E-state index contributed by atoms with van der Waals surface area (Å²) in [5.41, 5.74) is 0.636. The number of likely N-dealkylation sites (tertiary alicyclic amines) is 1. The molecule has 4 aliphatic rings. The quantitative estimate of drug-likeness (QED) is 0.539. The van der Waals surface area contributed by atoms with Crippen LogP contribution in [0.2, 0.25) is 0 Å². The maximum atomic E-state index is 13.7. The molecule has 1 amide bonds. The van der Waals surface area contributed by atoms with Gasteiger partial charge in [0.2, 0.25) is 5.91 Å². The summed E-state index contributed by atoms with van der Waals surface area (Å²) < 4.78 is 45.6. The van der Waals surface area contributed by atoms with Gasteiger partial charge in [0, 0.05) is 24.2 Å². The number of ether oxygens (including phenoxy) is 1. The lowest BCUT2D eigenvalue weighted by Gasteiger charge is -2.64. The number of halogens is 3. The zero-order valence-corrected chi connectivity index (χ0v) is 22.5. The van der Waals surface area contributed by atoms with Crippen molar-refractivity contribution in [3.63, 3.8) is 0 Å². The van der Waals surface area contributed by atoms with E-state index in [4.69, 9.17) is 4.74 Å². The molecule has 2 heterocycles. The molecule has 208 valence electrons. The number of nitrogens with zero attached hydrogens (tertiary/aromatic N) is 2. The van der Waals surface area contributed by atoms with Crippen molar-refractivity contribution in [1.29, 1.82) is 0 Å². The Bertz CT molecular complexity index is 1310. The first kappa shape index (κ1) is 26.4. The lowest BCUT2D eigenvalue weighted by atomic mass is 9.48. The Kier molecular flexibility index (Phi) is 6.15. The molecular formula is C31H35F3N2O3. The first-order valence-electron chi connectivity index (χ1n) is 13.8. The van der Waals surface area contributed by atoms with Gasteiger partial charge in [-0.25, -0.2) is 0 Å². The van der Waals surface area contributed by atoms with Crippen LogP contribution in [-0.4, -0.2) is 64.7 Å². The second kappa shape index (κ2) is 9.10. The molecule has 0 unspecified atom stereocenters. The van der Waals surface area contributed by atoms with Gasteiger partial charge < -0.3 is 19.6 Å². The minimum absolute atomic E-state index is 0.00651. The monoisotopic (exact) mass is 540 g/mol. The van der Waals surface area contributed by atoms with Crippen LogP contribution in [0.5, 0.6) is 5.75 Å². The van der Waals surface area contributed by atoms with Crippen LogP contribution in [0, 0.1) is 5.92 Å². The van der Waals surface area contributed by atoms with Gasteiger partial charge in [0.05, 0.1) is 22.6 Å². The molecule has 39 heavy (non-hydrogen) atoms. The normalized spacial score (nSPS) is 31.3. The third kappa shape index (κ3) is 3.93. The zero-order valence-electron chi connectivity index (χ0n) is 22.5. The van der Waals surface area contributed by atoms with Gasteiger partial charge in [-0.1, -0.05) is 38.1 Å². The molecule has 2 bridgehead atoms. The highest BCUT2D eigenvalue weighted by Crippen LogP contribution is 2.64. The molecule has 2 aliphatic carbocycles. The van der Waals surface area contributed by atoms with Crippen molar-refractivity contribution in [3.05, 3.63) is 70.8 Å². The fourth-order valence-electron chi connectivity index (χ4n) is 7.84. The highest BCUT2D eigenvalue weighted by atomic mass is 19.4. The van der Waals surface area contributed by atoms with E-state index in [0.717, 1.165) is 42.8 Å². The maximum absolute atomic E-state index is 13.7. The van der Waals surface area contributed by atoms with E-state index in [0.29, 0.717) is 24.9 Å². The van der Waals surface area contributed by atoms with E-state index in [1.807, 2.05) is 17.0 Å². The SMILES string of the molecule is CC(C)CN(C(=O)C=Cc1ccc(C(F)(F)F)cc1)[C@H]1CC[C@@]2(O)[C@H]3Cc4cccc5c4[C@@]2(CCN3C)[C@H]1O5. The number of rotatable bonds is 5. The summed E-state index contributed by atoms with van der Waals surface area (Å²) in [5, 5.41) is 12.4. The van der Waals surface area contributed by atoms with Crippen molar-refractivity contribution in [2.75, 3.05) is 20.1 Å². The van der Waals surface area contributed by atoms with Crippen LogP contribution in [0.1, 0.15) is 55.4 Å². The molecule has 0 radical (unpaired) electrons. The highest BCUT2D eigenvalue weighted by molar-refractivity contribution is 5.92. The van der Waals surface area contributed by atoms with Gasteiger partial charge in [0.25, 0.3) is 0 Å². The van der Waals surface area contributed by atoms with Crippen LogP contribution in [-0.2, 0) is 22.8 Å². The fraction of sp³-hybridized carbons (Fsp3) is 0.516. The summed E-state index contributed by atoms with van der Waals surface area (Å²) in [5.74, 6) is 0.821. The Balaban J connectivity index is 1.34. The molecule has 2 aliphatic heterocycles. The number of hydrogen-bond acceptors (Lipinski definition) is 4. The van der Waals surface area contributed by atoms with Crippen molar-refractivity contribution in [1.82, 2.24) is 9.80 Å². The molecule has 2 fully saturated rings. The first-order valence-corrected chi connectivity index (χ1v) is 13.8. The molecule has 1 saturated heterocycles. The second-order valence-corrected chi connectivity index (χ2v) is 12.1. The molecule has 1 N–H and O–H groups in total. The van der Waals surface area contributed by atoms with Crippen molar-refractivity contribution >= 4 is 12.0 Å². The average Bonchev–Trinajstić information content (AvgIpc) is 3.23. The third-order valence-electron chi connectivity index (χ3n) is 9.50. The number of carbonyl (C=O) groups is 1. The molecule has 5 atom stereocenters. The van der Waals surface area contributed by atoms with Crippen LogP contribution in [0.25, 0.3) is 6.08 Å². The molecular weight excluding hydrogens is 505 g/mol. The van der Waals surface area contributed by atoms with E-state index in [-0.39, 0.29) is 30.0 Å². The van der Waals surface area contributed by atoms with Crippen LogP contribution in [0.3, 0.4) is 0 Å². The number of aliphatic hydroxyl groups is 1. The lowest BCUT2D eigenvalue weighted by Crippen LogP contribution is -2.78. The second-order valence-electron chi connectivity index (χ2n) is 12.1. The van der Waals surface area contributed by atoms with Gasteiger partial charge >= 0.3 is 6.18 Å². The predicted molar refractivity (Wildman–Crippen MR) is 142 cm³/mol. The number of amides is 1. The summed E-state index contributed by atoms with van der Waals surface area (Å²) in [6.07, 6.45) is 0.978. The van der Waals surface area contributed by atoms with E-state index in [1.165, 1.54) is 23.8 Å². The number of benzene rings is 2. The van der Waals surface area contributed by atoms with Crippen LogP contribution < -0.4 is 4.74 Å². The molecule has 5 nitrogen and oxygen atoms in total. The van der Waals surface area contributed by atoms with Gasteiger partial charge in [-0.15, -0.1) is 0 Å². The number of carbonyl (C=O) groups excluding carboxylic acids is 1. The molecule has 2 aromatic rings. The molecule has 6 rings (SSSR count). The van der Waals surface area contributed by atoms with E-state index < -0.39 is 22.8 Å². The van der Waals surface area contributed by atoms with Crippen LogP contribution in [0.15, 0.2) is 48.5 Å². The van der Waals surface area contributed by atoms with E-state index >= 15 is 0 Å². The summed E-state index contributed by atoms with van der Waals surface area (Å²) in [6, 6.07) is 10.7. The van der Waals surface area contributed by atoms with Gasteiger partial charge in [-0.2, -0.15) is 13.2 Å². The first-order chi connectivity index (χ1) is 18.5. The Labute approximate surface area is 227 Å². The van der Waals surface area contributed by atoms with E-state index in [1.54, 1.807) is 6.08 Å². The van der Waals surface area contributed by atoms with Crippen LogP contribution >= 0.6 is 0 Å². The molecule has 2 aromatic carbocycles. The largest absolute Gasteiger partial charge is 0.487 e. The summed E-state index contributed by atoms with van der Waals surface area (Å²) in [7, 11) is 2.09. The standard InChI is InChI=1S/C31H35F3N2O3/c1-19(2)18-36(26(37)12-9-20-7-10-22(11-8-20)31(32,33)34)23-13-14-30(38)25-17-21-5-4-6-24-27(21)29(30,28(23)39-24)15-16-35(25)3/h4-12,19,23,25,28,38H,13-18H2,1-3H3/t23-,25+,28-,29-,30+/m0/s1. The zero-order chi connectivity index (χ0) is 27.7. The number of alkyl halides is 3. The Morgan fingerprint density at radius 1 is 1.21 bits per heavy atom. The predicted octanol–water partition coefficient (Wildman–Crippen LogP) is 5.06. The lowest BCUT2D eigenvalue weighted by molar-refractivity contribution is -0.197. The summed E-state index contributed by atoms with van der Waals surface area (Å²) in [6.45, 7) is 5.48. The topological polar surface area (TPSA) is 53.0 Å². The molecule has 1 saturated carbocycles. The van der Waals surface area contributed by atoms with Gasteiger partial charge in [0.1, 0.15) is 11.9 Å². The van der Waals surface area contributed by atoms with Gasteiger partial charge in [-0.05, 0) is 80.6 Å². The average molecular weight is 541 g/mol. The van der Waals surface area contributed by atoms with Gasteiger partial charge in [-0.3, -0.25) is 4.79 Å². The molecule has 1 spiro atoms. The Hall–Kier alpha value is -2.84. The van der Waals surface area contributed by atoms with E-state index in [2.05, 4.69) is 31.9 Å². The number of likely N-dealkylation sites (N-methyl/N-ethyl adjacent to an activating group) is 1. The smallest absolute Gasteiger partial charge is 0.416 e. The minimum atomic E-state index is -4.40. The molecule has 0 aromatic heterocycles. The summed E-state index contributed by atoms with van der Waals surface area (Å²) >= 11 is 0. The number of hydrogen-bond donors (Lipinski definition) is 1. The summed E-state index contributed by atoms with van der Waals surface area (Å²) in [4.78, 5) is 17.9. The Morgan fingerprint density at radius 3 is 2.64 bits per heavy atom. The highest BCUT2D eigenvalue weighted by Gasteiger charge is 2.72. The molecule has 8 heteroatoms. The van der Waals surface area contributed by atoms with Crippen LogP contribution in [0.4, 0.5) is 13.2 Å². The van der Waals surface area contributed by atoms with Gasteiger partial charge in [0.15, 0.2) is 0 Å². The van der Waals surface area contributed by atoms with E-state index in [9.17, 15) is 23.1 Å². The number of piperidine rings is 1. The van der Waals surface area contributed by atoms with Crippen molar-refractivity contribution in [2.45, 2.75) is 74.9 Å². The fourth-order valence-corrected chi connectivity index (χ4v) is 7.84. The maximum Gasteiger partial charge on any atom is 0.416 e. The van der Waals surface area contributed by atoms with Crippen molar-refractivity contribution < 1.29 is 27.8 Å². The minimum Gasteiger partial charge on any atom is -0.487 e. The van der Waals surface area contributed by atoms with Crippen molar-refractivity contribution in [3.8, 4) is 5.75 Å². The Morgan fingerprint density at radius 2 is 1.95 bits per heavy atom. The van der Waals surface area contributed by atoms with Crippen molar-refractivity contribution in [2.24, 2.45) is 5.92 Å². The third-order valence-corrected chi connectivity index (χ3v) is 9.50.